The Morgan fingerprint density at radius 1 is 1.04 bits per heavy atom. The van der Waals surface area contributed by atoms with Crippen molar-refractivity contribution in [3.05, 3.63) is 70.8 Å². The Labute approximate surface area is 144 Å². The number of carbonyl (C=O) groups excluding carboxylic acids is 1. The van der Waals surface area contributed by atoms with Gasteiger partial charge in [0.15, 0.2) is 0 Å². The molecule has 4 rings (SSSR count). The normalized spacial score (nSPS) is 24.7. The lowest BCUT2D eigenvalue weighted by Crippen LogP contribution is -2.28. The number of hydrogen-bond donors (Lipinski definition) is 1. The molecule has 2 aromatic carbocycles. The van der Waals surface area contributed by atoms with E-state index in [1.807, 2.05) is 18.2 Å². The van der Waals surface area contributed by atoms with Crippen LogP contribution in [0.2, 0.25) is 0 Å². The largest absolute Gasteiger partial charge is 0.416 e. The number of rotatable bonds is 3. The van der Waals surface area contributed by atoms with E-state index in [1.54, 1.807) is 0 Å². The zero-order valence-electron chi connectivity index (χ0n) is 13.5. The van der Waals surface area contributed by atoms with Crippen LogP contribution in [0.5, 0.6) is 0 Å². The van der Waals surface area contributed by atoms with Gasteiger partial charge < -0.3 is 5.32 Å². The molecule has 1 saturated carbocycles. The maximum atomic E-state index is 12.6. The van der Waals surface area contributed by atoms with Gasteiger partial charge in [-0.05, 0) is 54.0 Å². The van der Waals surface area contributed by atoms with Gasteiger partial charge in [0.1, 0.15) is 0 Å². The van der Waals surface area contributed by atoms with Crippen molar-refractivity contribution in [1.82, 2.24) is 5.32 Å². The fourth-order valence-electron chi connectivity index (χ4n) is 3.76. The summed E-state index contributed by atoms with van der Waals surface area (Å²) in [5.41, 5.74) is 2.62. The quantitative estimate of drug-likeness (QED) is 0.865. The lowest BCUT2D eigenvalue weighted by molar-refractivity contribution is -0.137. The zero-order chi connectivity index (χ0) is 17.6. The molecule has 0 saturated heterocycles. The molecule has 1 N–H and O–H groups in total. The standard InChI is InChI=1S/C20H18F3NO/c21-20(22,23)14-8-5-13(6-9-14)16-11-17(16)19(25)24-18-10-7-12-3-1-2-4-15(12)18/h1-6,8-9,16-18H,7,10-11H2,(H,24,25). The van der Waals surface area contributed by atoms with Gasteiger partial charge in [0, 0.05) is 5.92 Å². The number of hydrogen-bond acceptors (Lipinski definition) is 1. The lowest BCUT2D eigenvalue weighted by atomic mass is 10.1. The monoisotopic (exact) mass is 345 g/mol. The molecule has 1 fully saturated rings. The summed E-state index contributed by atoms with van der Waals surface area (Å²) < 4.78 is 37.9. The van der Waals surface area contributed by atoms with Gasteiger partial charge >= 0.3 is 6.18 Å². The summed E-state index contributed by atoms with van der Waals surface area (Å²) in [6.45, 7) is 0. The van der Waals surface area contributed by atoms with Gasteiger partial charge in [0.2, 0.25) is 5.91 Å². The van der Waals surface area contributed by atoms with E-state index in [2.05, 4.69) is 11.4 Å². The van der Waals surface area contributed by atoms with Crippen molar-refractivity contribution in [3.8, 4) is 0 Å². The highest BCUT2D eigenvalue weighted by atomic mass is 19.4. The maximum Gasteiger partial charge on any atom is 0.416 e. The molecule has 25 heavy (non-hydrogen) atoms. The van der Waals surface area contributed by atoms with Crippen molar-refractivity contribution in [2.24, 2.45) is 5.92 Å². The first-order chi connectivity index (χ1) is 11.9. The minimum Gasteiger partial charge on any atom is -0.349 e. The average molecular weight is 345 g/mol. The van der Waals surface area contributed by atoms with Gasteiger partial charge in [-0.3, -0.25) is 4.79 Å². The molecule has 5 heteroatoms. The Morgan fingerprint density at radius 2 is 1.76 bits per heavy atom. The molecule has 130 valence electrons. The SMILES string of the molecule is O=C(NC1CCc2ccccc21)C1CC1c1ccc(C(F)(F)F)cc1. The fourth-order valence-corrected chi connectivity index (χ4v) is 3.76. The molecule has 0 heterocycles. The van der Waals surface area contributed by atoms with Gasteiger partial charge in [-0.1, -0.05) is 36.4 Å². The van der Waals surface area contributed by atoms with E-state index in [1.165, 1.54) is 23.3 Å². The second-order valence-electron chi connectivity index (χ2n) is 6.87. The average Bonchev–Trinajstić information content (AvgIpc) is 3.30. The molecular weight excluding hydrogens is 327 g/mol. The van der Waals surface area contributed by atoms with E-state index in [9.17, 15) is 18.0 Å². The molecule has 3 atom stereocenters. The Hall–Kier alpha value is -2.30. The van der Waals surface area contributed by atoms with Crippen LogP contribution in [0, 0.1) is 5.92 Å². The third-order valence-electron chi connectivity index (χ3n) is 5.24. The number of fused-ring (bicyclic) bond motifs is 1. The number of alkyl halides is 3. The summed E-state index contributed by atoms with van der Waals surface area (Å²) in [5, 5.41) is 3.11. The first kappa shape index (κ1) is 16.2. The second-order valence-corrected chi connectivity index (χ2v) is 6.87. The molecule has 2 nitrogen and oxygen atoms in total. The van der Waals surface area contributed by atoms with Crippen LogP contribution in [0.25, 0.3) is 0 Å². The number of benzene rings is 2. The number of halogens is 3. The van der Waals surface area contributed by atoms with E-state index in [4.69, 9.17) is 0 Å². The van der Waals surface area contributed by atoms with Gasteiger partial charge in [-0.2, -0.15) is 13.2 Å². The number of nitrogens with one attached hydrogen (secondary N) is 1. The molecular formula is C20H18F3NO. The van der Waals surface area contributed by atoms with Gasteiger partial charge in [-0.15, -0.1) is 0 Å². The summed E-state index contributed by atoms with van der Waals surface area (Å²) in [6, 6.07) is 13.3. The maximum absolute atomic E-state index is 12.6. The first-order valence-electron chi connectivity index (χ1n) is 8.49. The van der Waals surface area contributed by atoms with Crippen LogP contribution in [0.1, 0.15) is 47.1 Å². The van der Waals surface area contributed by atoms with Crippen molar-refractivity contribution in [1.29, 1.82) is 0 Å². The van der Waals surface area contributed by atoms with Gasteiger partial charge in [-0.25, -0.2) is 0 Å². The number of carbonyl (C=O) groups is 1. The van der Waals surface area contributed by atoms with E-state index in [-0.39, 0.29) is 23.8 Å². The van der Waals surface area contributed by atoms with E-state index >= 15 is 0 Å². The van der Waals surface area contributed by atoms with Crippen molar-refractivity contribution in [2.45, 2.75) is 37.4 Å². The van der Waals surface area contributed by atoms with Crippen molar-refractivity contribution in [3.63, 3.8) is 0 Å². The van der Waals surface area contributed by atoms with Gasteiger partial charge in [0.25, 0.3) is 0 Å². The second kappa shape index (κ2) is 5.90. The molecule has 0 aliphatic heterocycles. The topological polar surface area (TPSA) is 29.1 Å². The van der Waals surface area contributed by atoms with Crippen LogP contribution in [0.15, 0.2) is 48.5 Å². The number of amides is 1. The molecule has 0 bridgehead atoms. The van der Waals surface area contributed by atoms with Crippen molar-refractivity contribution in [2.75, 3.05) is 0 Å². The van der Waals surface area contributed by atoms with Crippen LogP contribution in [0.4, 0.5) is 13.2 Å². The summed E-state index contributed by atoms with van der Waals surface area (Å²) in [6.07, 6.45) is -1.75. The first-order valence-corrected chi connectivity index (χ1v) is 8.49. The third-order valence-corrected chi connectivity index (χ3v) is 5.24. The summed E-state index contributed by atoms with van der Waals surface area (Å²) in [5.74, 6) is -0.102. The lowest BCUT2D eigenvalue weighted by Gasteiger charge is -2.14. The van der Waals surface area contributed by atoms with E-state index in [0.717, 1.165) is 30.5 Å². The zero-order valence-corrected chi connectivity index (χ0v) is 13.5. The molecule has 0 aromatic heterocycles. The Morgan fingerprint density at radius 3 is 2.48 bits per heavy atom. The minimum atomic E-state index is -4.32. The van der Waals surface area contributed by atoms with Crippen LogP contribution >= 0.6 is 0 Å². The Balaban J connectivity index is 1.39. The van der Waals surface area contributed by atoms with Crippen LogP contribution in [0.3, 0.4) is 0 Å². The molecule has 0 radical (unpaired) electrons. The van der Waals surface area contributed by atoms with Crippen LogP contribution in [-0.2, 0) is 17.4 Å². The van der Waals surface area contributed by atoms with Crippen LogP contribution < -0.4 is 5.32 Å². The molecule has 2 aromatic rings. The summed E-state index contributed by atoms with van der Waals surface area (Å²) >= 11 is 0. The van der Waals surface area contributed by atoms with Gasteiger partial charge in [0.05, 0.1) is 11.6 Å². The highest BCUT2D eigenvalue weighted by Gasteiger charge is 2.45. The highest BCUT2D eigenvalue weighted by Crippen LogP contribution is 2.48. The van der Waals surface area contributed by atoms with Crippen LogP contribution in [-0.4, -0.2) is 5.91 Å². The summed E-state index contributed by atoms with van der Waals surface area (Å²) in [7, 11) is 0. The predicted octanol–water partition coefficient (Wildman–Crippen LogP) is 4.61. The smallest absolute Gasteiger partial charge is 0.349 e. The molecule has 2 aliphatic rings. The number of aryl methyl sites for hydroxylation is 1. The molecule has 3 unspecified atom stereocenters. The van der Waals surface area contributed by atoms with E-state index < -0.39 is 11.7 Å². The Bertz CT molecular complexity index is 797. The molecule has 2 aliphatic carbocycles. The van der Waals surface area contributed by atoms with Crippen molar-refractivity contribution < 1.29 is 18.0 Å². The predicted molar refractivity (Wildman–Crippen MR) is 87.9 cm³/mol. The fraction of sp³-hybridized carbons (Fsp3) is 0.350. The highest BCUT2D eigenvalue weighted by molar-refractivity contribution is 5.83. The molecule has 1 amide bonds. The minimum absolute atomic E-state index is 0.00611. The molecule has 0 spiro atoms. The van der Waals surface area contributed by atoms with E-state index in [0.29, 0.717) is 6.42 Å². The van der Waals surface area contributed by atoms with Crippen molar-refractivity contribution >= 4 is 5.91 Å². The third kappa shape index (κ3) is 3.15. The summed E-state index contributed by atoms with van der Waals surface area (Å²) in [4.78, 5) is 12.5. The Kier molecular flexibility index (Phi) is 3.82.